The van der Waals surface area contributed by atoms with E-state index in [1.807, 2.05) is 47.0 Å². The number of likely N-dealkylation sites (N-methyl/N-ethyl adjacent to an activating group) is 1. The number of hydrogen-bond acceptors (Lipinski definition) is 3. The number of rotatable bonds is 5. The molecule has 0 saturated carbocycles. The molecule has 0 bridgehead atoms. The van der Waals surface area contributed by atoms with E-state index in [4.69, 9.17) is 0 Å². The molecule has 0 aromatic heterocycles. The van der Waals surface area contributed by atoms with E-state index in [9.17, 15) is 9.59 Å². The summed E-state index contributed by atoms with van der Waals surface area (Å²) in [6.07, 6.45) is 6.94. The third-order valence-corrected chi connectivity index (χ3v) is 5.64. The minimum Gasteiger partial charge on any atom is -0.342 e. The molecule has 2 amide bonds. The molecule has 0 aliphatic carbocycles. The molecule has 1 atom stereocenters. The van der Waals surface area contributed by atoms with Gasteiger partial charge in [0.05, 0.1) is 6.54 Å². The van der Waals surface area contributed by atoms with E-state index < -0.39 is 0 Å². The molecule has 0 unspecified atom stereocenters. The zero-order valence-corrected chi connectivity index (χ0v) is 16.5. The third-order valence-electron chi connectivity index (χ3n) is 5.64. The maximum atomic E-state index is 13.2. The summed E-state index contributed by atoms with van der Waals surface area (Å²) < 4.78 is 0. The van der Waals surface area contributed by atoms with Crippen molar-refractivity contribution in [2.24, 2.45) is 11.8 Å². The molecule has 1 saturated heterocycles. The first-order valence-corrected chi connectivity index (χ1v) is 9.95. The summed E-state index contributed by atoms with van der Waals surface area (Å²) in [5.41, 5.74) is 1.17. The van der Waals surface area contributed by atoms with Crippen molar-refractivity contribution in [2.75, 3.05) is 40.3 Å². The molecule has 1 fully saturated rings. The van der Waals surface area contributed by atoms with Crippen LogP contribution in [-0.2, 0) is 16.1 Å². The number of nitrogens with zero attached hydrogens (tertiary/aromatic N) is 3. The molecule has 0 spiro atoms. The van der Waals surface area contributed by atoms with Crippen LogP contribution >= 0.6 is 0 Å². The summed E-state index contributed by atoms with van der Waals surface area (Å²) in [4.78, 5) is 31.3. The molecule has 3 rings (SSSR count). The summed E-state index contributed by atoms with van der Waals surface area (Å²) in [6.45, 7) is 3.35. The Morgan fingerprint density at radius 2 is 1.81 bits per heavy atom. The highest BCUT2D eigenvalue weighted by molar-refractivity contribution is 5.80. The van der Waals surface area contributed by atoms with Crippen LogP contribution in [-0.4, -0.2) is 66.8 Å². The van der Waals surface area contributed by atoms with Crippen LogP contribution in [0.5, 0.6) is 0 Å². The van der Waals surface area contributed by atoms with Gasteiger partial charge < -0.3 is 14.7 Å². The Bertz CT molecular complexity index is 663. The first-order valence-electron chi connectivity index (χ1n) is 9.95. The van der Waals surface area contributed by atoms with Gasteiger partial charge in [0.25, 0.3) is 0 Å². The Morgan fingerprint density at radius 3 is 2.48 bits per heavy atom. The van der Waals surface area contributed by atoms with E-state index in [-0.39, 0.29) is 17.7 Å². The zero-order valence-electron chi connectivity index (χ0n) is 16.5. The number of amides is 2. The fraction of sp³-hybridized carbons (Fsp3) is 0.545. The molecule has 1 aromatic rings. The molecule has 5 nitrogen and oxygen atoms in total. The molecule has 0 N–H and O–H groups in total. The lowest BCUT2D eigenvalue weighted by Crippen LogP contribution is -2.46. The average Bonchev–Trinajstić information content (AvgIpc) is 2.84. The van der Waals surface area contributed by atoms with Crippen LogP contribution in [0, 0.1) is 11.8 Å². The Morgan fingerprint density at radius 1 is 1.11 bits per heavy atom. The molecular weight excluding hydrogens is 338 g/mol. The van der Waals surface area contributed by atoms with Gasteiger partial charge in [-0.25, -0.2) is 0 Å². The summed E-state index contributed by atoms with van der Waals surface area (Å²) in [7, 11) is 3.84. The Kier molecular flexibility index (Phi) is 6.67. The number of allylic oxidation sites excluding steroid dienone is 1. The monoisotopic (exact) mass is 369 g/mol. The van der Waals surface area contributed by atoms with Crippen molar-refractivity contribution in [3.05, 3.63) is 48.0 Å². The molecular formula is C22H31N3O2. The first-order chi connectivity index (χ1) is 13.0. The van der Waals surface area contributed by atoms with Gasteiger partial charge in [-0.15, -0.1) is 0 Å². The van der Waals surface area contributed by atoms with Crippen LogP contribution in [0.25, 0.3) is 0 Å². The lowest BCUT2D eigenvalue weighted by Gasteiger charge is -2.37. The smallest absolute Gasteiger partial charge is 0.236 e. The number of hydrogen-bond donors (Lipinski definition) is 0. The van der Waals surface area contributed by atoms with E-state index in [1.54, 1.807) is 0 Å². The van der Waals surface area contributed by atoms with E-state index >= 15 is 0 Å². The van der Waals surface area contributed by atoms with Crippen molar-refractivity contribution in [1.82, 2.24) is 14.7 Å². The van der Waals surface area contributed by atoms with Gasteiger partial charge in [-0.3, -0.25) is 9.59 Å². The maximum Gasteiger partial charge on any atom is 0.236 e. The van der Waals surface area contributed by atoms with Crippen molar-refractivity contribution in [2.45, 2.75) is 25.8 Å². The van der Waals surface area contributed by atoms with Gasteiger partial charge in [0.2, 0.25) is 11.8 Å². The molecule has 27 heavy (non-hydrogen) atoms. The second kappa shape index (κ2) is 9.18. The minimum absolute atomic E-state index is 0.0403. The topological polar surface area (TPSA) is 43.9 Å². The van der Waals surface area contributed by atoms with E-state index in [0.29, 0.717) is 25.6 Å². The maximum absolute atomic E-state index is 13.2. The second-order valence-corrected chi connectivity index (χ2v) is 7.97. The van der Waals surface area contributed by atoms with Crippen LogP contribution in [0.15, 0.2) is 42.5 Å². The molecule has 0 radical (unpaired) electrons. The highest BCUT2D eigenvalue weighted by atomic mass is 16.2. The number of carbonyl (C=O) groups excluding carboxylic acids is 2. The van der Waals surface area contributed by atoms with Crippen LogP contribution in [0.3, 0.4) is 0 Å². The first kappa shape index (κ1) is 19.6. The molecule has 146 valence electrons. The minimum atomic E-state index is 0.0403. The Balaban J connectivity index is 1.60. The van der Waals surface area contributed by atoms with Gasteiger partial charge in [-0.1, -0.05) is 42.5 Å². The largest absolute Gasteiger partial charge is 0.342 e. The summed E-state index contributed by atoms with van der Waals surface area (Å²) in [6, 6.07) is 10.2. The van der Waals surface area contributed by atoms with Crippen LogP contribution in [0.4, 0.5) is 0 Å². The Hall–Kier alpha value is -2.14. The number of likely N-dealkylation sites (tertiary alicyclic amines) is 1. The van der Waals surface area contributed by atoms with Gasteiger partial charge in [-0.2, -0.15) is 0 Å². The number of benzene rings is 1. The van der Waals surface area contributed by atoms with Crippen molar-refractivity contribution in [3.8, 4) is 0 Å². The quantitative estimate of drug-likeness (QED) is 0.749. The molecule has 2 heterocycles. The predicted octanol–water partition coefficient (Wildman–Crippen LogP) is 2.39. The normalized spacial score (nSPS) is 21.6. The van der Waals surface area contributed by atoms with Gasteiger partial charge >= 0.3 is 0 Å². The van der Waals surface area contributed by atoms with Crippen molar-refractivity contribution < 1.29 is 9.59 Å². The van der Waals surface area contributed by atoms with Crippen molar-refractivity contribution in [3.63, 3.8) is 0 Å². The van der Waals surface area contributed by atoms with E-state index in [0.717, 1.165) is 32.4 Å². The van der Waals surface area contributed by atoms with E-state index in [1.165, 1.54) is 5.56 Å². The lowest BCUT2D eigenvalue weighted by molar-refractivity contribution is -0.138. The summed E-state index contributed by atoms with van der Waals surface area (Å²) in [5.74, 6) is 0.860. The van der Waals surface area contributed by atoms with Crippen LogP contribution < -0.4 is 0 Å². The van der Waals surface area contributed by atoms with Crippen LogP contribution in [0.2, 0.25) is 0 Å². The van der Waals surface area contributed by atoms with Gasteiger partial charge in [-0.05, 0) is 44.8 Å². The fourth-order valence-corrected chi connectivity index (χ4v) is 4.13. The van der Waals surface area contributed by atoms with Crippen LogP contribution in [0.1, 0.15) is 24.8 Å². The third kappa shape index (κ3) is 5.19. The van der Waals surface area contributed by atoms with Gasteiger partial charge in [0.15, 0.2) is 0 Å². The lowest BCUT2D eigenvalue weighted by atomic mass is 9.81. The van der Waals surface area contributed by atoms with Crippen molar-refractivity contribution >= 4 is 11.8 Å². The number of carbonyl (C=O) groups is 2. The van der Waals surface area contributed by atoms with Crippen molar-refractivity contribution in [1.29, 1.82) is 0 Å². The second-order valence-electron chi connectivity index (χ2n) is 7.97. The highest BCUT2D eigenvalue weighted by Crippen LogP contribution is 2.31. The summed E-state index contributed by atoms with van der Waals surface area (Å²) >= 11 is 0. The SMILES string of the molecule is CN(C)CC(=O)N1CCC([C@H]2CC=CCN(Cc3ccccc3)C2=O)CC1. The molecule has 5 heteroatoms. The Labute approximate surface area is 162 Å². The molecule has 1 aromatic carbocycles. The molecule has 2 aliphatic heterocycles. The van der Waals surface area contributed by atoms with Gasteiger partial charge in [0, 0.05) is 32.1 Å². The zero-order chi connectivity index (χ0) is 19.2. The van der Waals surface area contributed by atoms with E-state index in [2.05, 4.69) is 24.3 Å². The number of piperidine rings is 1. The summed E-state index contributed by atoms with van der Waals surface area (Å²) in [5, 5.41) is 0. The standard InChI is InChI=1S/C22H31N3O2/c1-23(2)17-21(26)24-14-11-19(12-15-24)20-10-6-7-13-25(22(20)27)16-18-8-4-3-5-9-18/h3-9,19-20H,10-17H2,1-2H3/t20-/m1/s1. The average molecular weight is 370 g/mol. The highest BCUT2D eigenvalue weighted by Gasteiger charge is 2.34. The molecule has 2 aliphatic rings. The fourth-order valence-electron chi connectivity index (χ4n) is 4.13. The van der Waals surface area contributed by atoms with Gasteiger partial charge in [0.1, 0.15) is 0 Å². The predicted molar refractivity (Wildman–Crippen MR) is 107 cm³/mol.